The Hall–Kier alpha value is -2.03. The van der Waals surface area contributed by atoms with Crippen LogP contribution in [0.1, 0.15) is 25.0 Å². The molecule has 0 aliphatic heterocycles. The predicted octanol–water partition coefficient (Wildman–Crippen LogP) is 4.53. The van der Waals surface area contributed by atoms with Gasteiger partial charge in [0.1, 0.15) is 11.6 Å². The summed E-state index contributed by atoms with van der Waals surface area (Å²) in [6.07, 6.45) is 0.175. The second kappa shape index (κ2) is 6.42. The maximum atomic E-state index is 13.3. The molecule has 0 radical (unpaired) electrons. The molecule has 1 N–H and O–H groups in total. The van der Waals surface area contributed by atoms with Crippen LogP contribution in [0.5, 0.6) is 5.75 Å². The maximum Gasteiger partial charge on any atom is 0.125 e. The molecule has 0 heterocycles. The highest BCUT2D eigenvalue weighted by atomic mass is 19.1. The highest BCUT2D eigenvalue weighted by Crippen LogP contribution is 2.17. The van der Waals surface area contributed by atoms with E-state index < -0.39 is 0 Å². The van der Waals surface area contributed by atoms with Crippen LogP contribution in [0.4, 0.5) is 10.1 Å². The standard InChI is InChI=1S/C17H20FNO/c1-12(2)20-17-6-4-14(5-7-17)11-19-16-9-13(3)8-15(18)10-16/h4-10,12,19H,11H2,1-3H3. The van der Waals surface area contributed by atoms with Crippen molar-refractivity contribution in [1.82, 2.24) is 0 Å². The van der Waals surface area contributed by atoms with Gasteiger partial charge in [-0.2, -0.15) is 0 Å². The SMILES string of the molecule is Cc1cc(F)cc(NCc2ccc(OC(C)C)cc2)c1. The molecule has 106 valence electrons. The molecule has 3 heteroatoms. The van der Waals surface area contributed by atoms with Crippen LogP contribution in [0, 0.1) is 12.7 Å². The number of ether oxygens (including phenoxy) is 1. The van der Waals surface area contributed by atoms with Gasteiger partial charge in [0.15, 0.2) is 0 Å². The van der Waals surface area contributed by atoms with Crippen LogP contribution in [0.2, 0.25) is 0 Å². The zero-order valence-corrected chi connectivity index (χ0v) is 12.1. The van der Waals surface area contributed by atoms with Crippen LogP contribution in [0.15, 0.2) is 42.5 Å². The molecule has 2 rings (SSSR count). The molecule has 0 amide bonds. The van der Waals surface area contributed by atoms with Gasteiger partial charge in [0.25, 0.3) is 0 Å². The Morgan fingerprint density at radius 3 is 2.40 bits per heavy atom. The van der Waals surface area contributed by atoms with Crippen LogP contribution < -0.4 is 10.1 Å². The van der Waals surface area contributed by atoms with Crippen LogP contribution in [-0.2, 0) is 6.54 Å². The number of hydrogen-bond acceptors (Lipinski definition) is 2. The van der Waals surface area contributed by atoms with E-state index in [-0.39, 0.29) is 11.9 Å². The Labute approximate surface area is 119 Å². The summed E-state index contributed by atoms with van der Waals surface area (Å²) in [6.45, 7) is 6.54. The summed E-state index contributed by atoms with van der Waals surface area (Å²) in [5.74, 6) is 0.651. The van der Waals surface area contributed by atoms with Crippen molar-refractivity contribution in [2.75, 3.05) is 5.32 Å². The Morgan fingerprint density at radius 2 is 1.80 bits per heavy atom. The van der Waals surface area contributed by atoms with Gasteiger partial charge in [-0.05, 0) is 62.2 Å². The summed E-state index contributed by atoms with van der Waals surface area (Å²) in [5.41, 5.74) is 2.83. The lowest BCUT2D eigenvalue weighted by atomic mass is 10.2. The van der Waals surface area contributed by atoms with E-state index >= 15 is 0 Å². The number of benzene rings is 2. The van der Waals surface area contributed by atoms with Gasteiger partial charge >= 0.3 is 0 Å². The first-order valence-electron chi connectivity index (χ1n) is 6.79. The average Bonchev–Trinajstić information content (AvgIpc) is 2.36. The minimum Gasteiger partial charge on any atom is -0.491 e. The van der Waals surface area contributed by atoms with Crippen molar-refractivity contribution in [1.29, 1.82) is 0 Å². The number of nitrogens with one attached hydrogen (secondary N) is 1. The molecule has 0 saturated heterocycles. The molecule has 2 aromatic carbocycles. The van der Waals surface area contributed by atoms with E-state index in [2.05, 4.69) is 5.32 Å². The summed E-state index contributed by atoms with van der Waals surface area (Å²) in [7, 11) is 0. The highest BCUT2D eigenvalue weighted by Gasteiger charge is 2.00. The topological polar surface area (TPSA) is 21.3 Å². The van der Waals surface area contributed by atoms with Crippen molar-refractivity contribution in [2.45, 2.75) is 33.4 Å². The lowest BCUT2D eigenvalue weighted by molar-refractivity contribution is 0.242. The fraction of sp³-hybridized carbons (Fsp3) is 0.294. The summed E-state index contributed by atoms with van der Waals surface area (Å²) >= 11 is 0. The van der Waals surface area contributed by atoms with Gasteiger partial charge in [-0.3, -0.25) is 0 Å². The quantitative estimate of drug-likeness (QED) is 0.864. The molecule has 0 saturated carbocycles. The summed E-state index contributed by atoms with van der Waals surface area (Å²) in [6, 6.07) is 12.9. The Balaban J connectivity index is 1.96. The molecular weight excluding hydrogens is 253 g/mol. The second-order valence-electron chi connectivity index (χ2n) is 5.18. The Morgan fingerprint density at radius 1 is 1.10 bits per heavy atom. The highest BCUT2D eigenvalue weighted by molar-refractivity contribution is 5.46. The fourth-order valence-corrected chi connectivity index (χ4v) is 2.00. The van der Waals surface area contributed by atoms with Crippen LogP contribution in [-0.4, -0.2) is 6.10 Å². The molecule has 0 bridgehead atoms. The third-order valence-corrected chi connectivity index (χ3v) is 2.83. The molecule has 0 fully saturated rings. The first-order valence-corrected chi connectivity index (χ1v) is 6.79. The minimum atomic E-state index is -0.215. The number of hydrogen-bond donors (Lipinski definition) is 1. The molecular formula is C17H20FNO. The Bertz CT molecular complexity index is 543. The molecule has 0 spiro atoms. The molecule has 0 unspecified atom stereocenters. The first-order chi connectivity index (χ1) is 9.52. The summed E-state index contributed by atoms with van der Waals surface area (Å²) < 4.78 is 18.9. The number of aryl methyl sites for hydroxylation is 1. The minimum absolute atomic E-state index is 0.175. The first kappa shape index (κ1) is 14.4. The average molecular weight is 273 g/mol. The zero-order chi connectivity index (χ0) is 14.5. The van der Waals surface area contributed by atoms with Gasteiger partial charge in [0, 0.05) is 12.2 Å². The van der Waals surface area contributed by atoms with Crippen molar-refractivity contribution in [3.8, 4) is 5.75 Å². The Kier molecular flexibility index (Phi) is 4.61. The van der Waals surface area contributed by atoms with Crippen molar-refractivity contribution in [3.63, 3.8) is 0 Å². The normalized spacial score (nSPS) is 10.7. The lowest BCUT2D eigenvalue weighted by Crippen LogP contribution is -2.05. The third kappa shape index (κ3) is 4.26. The van der Waals surface area contributed by atoms with Gasteiger partial charge in [-0.1, -0.05) is 12.1 Å². The van der Waals surface area contributed by atoms with Crippen molar-refractivity contribution in [2.24, 2.45) is 0 Å². The van der Waals surface area contributed by atoms with Crippen LogP contribution >= 0.6 is 0 Å². The number of halogens is 1. The van der Waals surface area contributed by atoms with Gasteiger partial charge in [0.05, 0.1) is 6.10 Å². The van der Waals surface area contributed by atoms with E-state index in [0.29, 0.717) is 6.54 Å². The molecule has 0 atom stereocenters. The number of anilines is 1. The van der Waals surface area contributed by atoms with E-state index in [4.69, 9.17) is 4.74 Å². The zero-order valence-electron chi connectivity index (χ0n) is 12.1. The van der Waals surface area contributed by atoms with Gasteiger partial charge in [-0.15, -0.1) is 0 Å². The molecule has 0 aromatic heterocycles. The summed E-state index contributed by atoms with van der Waals surface area (Å²) in [4.78, 5) is 0. The molecule has 0 aliphatic rings. The maximum absolute atomic E-state index is 13.3. The predicted molar refractivity (Wildman–Crippen MR) is 80.7 cm³/mol. The van der Waals surface area contributed by atoms with Crippen molar-refractivity contribution >= 4 is 5.69 Å². The molecule has 2 aromatic rings. The van der Waals surface area contributed by atoms with Crippen LogP contribution in [0.25, 0.3) is 0 Å². The lowest BCUT2D eigenvalue weighted by Gasteiger charge is -2.11. The van der Waals surface area contributed by atoms with E-state index in [1.165, 1.54) is 12.1 Å². The summed E-state index contributed by atoms with van der Waals surface area (Å²) in [5, 5.41) is 3.22. The van der Waals surface area contributed by atoms with E-state index in [9.17, 15) is 4.39 Å². The second-order valence-corrected chi connectivity index (χ2v) is 5.18. The molecule has 20 heavy (non-hydrogen) atoms. The van der Waals surface area contributed by atoms with E-state index in [1.807, 2.05) is 51.1 Å². The molecule has 2 nitrogen and oxygen atoms in total. The van der Waals surface area contributed by atoms with Gasteiger partial charge in [-0.25, -0.2) is 4.39 Å². The third-order valence-electron chi connectivity index (χ3n) is 2.83. The smallest absolute Gasteiger partial charge is 0.125 e. The monoisotopic (exact) mass is 273 g/mol. The number of rotatable bonds is 5. The van der Waals surface area contributed by atoms with Gasteiger partial charge < -0.3 is 10.1 Å². The van der Waals surface area contributed by atoms with E-state index in [1.54, 1.807) is 0 Å². The van der Waals surface area contributed by atoms with Crippen molar-refractivity contribution < 1.29 is 9.13 Å². The van der Waals surface area contributed by atoms with Crippen molar-refractivity contribution in [3.05, 3.63) is 59.4 Å². The van der Waals surface area contributed by atoms with E-state index in [0.717, 1.165) is 22.6 Å². The molecule has 0 aliphatic carbocycles. The van der Waals surface area contributed by atoms with Crippen LogP contribution in [0.3, 0.4) is 0 Å². The largest absolute Gasteiger partial charge is 0.491 e. The fourth-order valence-electron chi connectivity index (χ4n) is 2.00. The van der Waals surface area contributed by atoms with Gasteiger partial charge in [0.2, 0.25) is 0 Å².